The summed E-state index contributed by atoms with van der Waals surface area (Å²) >= 11 is 0. The summed E-state index contributed by atoms with van der Waals surface area (Å²) in [6.07, 6.45) is 2.25. The Morgan fingerprint density at radius 3 is 1.92 bits per heavy atom. The first-order valence-electron chi connectivity index (χ1n) is 5.05. The van der Waals surface area contributed by atoms with Crippen molar-refractivity contribution in [2.24, 2.45) is 0 Å². The molecule has 0 saturated heterocycles. The molecule has 2 heteroatoms. The summed E-state index contributed by atoms with van der Waals surface area (Å²) in [4.78, 5) is 0. The van der Waals surface area contributed by atoms with Crippen molar-refractivity contribution >= 4 is 16.1 Å². The van der Waals surface area contributed by atoms with Gasteiger partial charge in [-0.15, -0.1) is 11.5 Å². The van der Waals surface area contributed by atoms with E-state index in [1.807, 2.05) is 0 Å². The van der Waals surface area contributed by atoms with Crippen molar-refractivity contribution in [3.05, 3.63) is 6.04 Å². The summed E-state index contributed by atoms with van der Waals surface area (Å²) in [5.74, 6) is 3.30. The van der Waals surface area contributed by atoms with Crippen molar-refractivity contribution in [2.45, 2.75) is 52.1 Å². The van der Waals surface area contributed by atoms with Gasteiger partial charge in [-0.05, 0) is 12.5 Å². The van der Waals surface area contributed by atoms with E-state index in [-0.39, 0.29) is 0 Å². The molecule has 0 atom stereocenters. The van der Waals surface area contributed by atoms with Gasteiger partial charge in [0.15, 0.2) is 0 Å². The number of hydrogen-bond donors (Lipinski definition) is 0. The molecule has 0 aromatic carbocycles. The standard InChI is InChI=1S/C11H23Si2/c1-12(2,3)10-8-7-9-11-13(4,5)6/h10H,7-8H2,1-6H3. The van der Waals surface area contributed by atoms with Crippen LogP contribution in [0.2, 0.25) is 39.3 Å². The van der Waals surface area contributed by atoms with Crippen molar-refractivity contribution in [2.75, 3.05) is 0 Å². The highest BCUT2D eigenvalue weighted by molar-refractivity contribution is 6.83. The molecule has 0 unspecified atom stereocenters. The Labute approximate surface area is 86.1 Å². The molecule has 0 aromatic rings. The Morgan fingerprint density at radius 1 is 1.00 bits per heavy atom. The van der Waals surface area contributed by atoms with Gasteiger partial charge in [-0.1, -0.05) is 39.3 Å². The average molecular weight is 211 g/mol. The van der Waals surface area contributed by atoms with Crippen molar-refractivity contribution < 1.29 is 0 Å². The van der Waals surface area contributed by atoms with Gasteiger partial charge in [0.1, 0.15) is 8.07 Å². The lowest BCUT2D eigenvalue weighted by Gasteiger charge is -2.13. The normalized spacial score (nSPS) is 12.2. The van der Waals surface area contributed by atoms with E-state index in [2.05, 4.69) is 56.8 Å². The summed E-state index contributed by atoms with van der Waals surface area (Å²) in [6, 6.07) is 2.49. The molecule has 0 fully saturated rings. The molecule has 0 amide bonds. The second-order valence-corrected chi connectivity index (χ2v) is 15.6. The SMILES string of the molecule is C[Si](C)(C)C#CCC[CH][Si](C)(C)C. The smallest absolute Gasteiger partial charge is 0.129 e. The van der Waals surface area contributed by atoms with E-state index in [1.54, 1.807) is 0 Å². The zero-order valence-electron chi connectivity index (χ0n) is 9.99. The molecule has 0 aromatic heterocycles. The number of hydrogen-bond acceptors (Lipinski definition) is 0. The molecule has 0 aliphatic carbocycles. The minimum atomic E-state index is -1.12. The Hall–Kier alpha value is -0.00623. The number of unbranched alkanes of at least 4 members (excludes halogenated alkanes) is 1. The first-order chi connectivity index (χ1) is 5.71. The fraction of sp³-hybridized carbons (Fsp3) is 0.727. The van der Waals surface area contributed by atoms with Crippen LogP contribution in [-0.4, -0.2) is 16.1 Å². The van der Waals surface area contributed by atoms with Gasteiger partial charge in [0, 0.05) is 14.5 Å². The van der Waals surface area contributed by atoms with Crippen LogP contribution in [0.1, 0.15) is 12.8 Å². The van der Waals surface area contributed by atoms with Crippen molar-refractivity contribution in [1.82, 2.24) is 0 Å². The van der Waals surface area contributed by atoms with Gasteiger partial charge in [-0.3, -0.25) is 0 Å². The third kappa shape index (κ3) is 12.0. The molecular weight excluding hydrogens is 188 g/mol. The van der Waals surface area contributed by atoms with Crippen LogP contribution in [0.4, 0.5) is 0 Å². The van der Waals surface area contributed by atoms with E-state index < -0.39 is 16.1 Å². The van der Waals surface area contributed by atoms with Crippen molar-refractivity contribution in [3.63, 3.8) is 0 Å². The fourth-order valence-electron chi connectivity index (χ4n) is 0.905. The van der Waals surface area contributed by atoms with Crippen LogP contribution >= 0.6 is 0 Å². The average Bonchev–Trinajstić information content (AvgIpc) is 1.81. The molecule has 0 rings (SSSR count). The molecule has 0 aliphatic heterocycles. The van der Waals surface area contributed by atoms with Crippen LogP contribution in [-0.2, 0) is 0 Å². The highest BCUT2D eigenvalue weighted by Gasteiger charge is 2.11. The highest BCUT2D eigenvalue weighted by Crippen LogP contribution is 2.09. The Balaban J connectivity index is 3.62. The topological polar surface area (TPSA) is 0 Å². The zero-order valence-corrected chi connectivity index (χ0v) is 12.0. The highest BCUT2D eigenvalue weighted by atomic mass is 28.3. The molecule has 0 heterocycles. The summed E-state index contributed by atoms with van der Waals surface area (Å²) in [5.41, 5.74) is 3.39. The lowest BCUT2D eigenvalue weighted by atomic mass is 10.4. The van der Waals surface area contributed by atoms with Gasteiger partial charge in [0.2, 0.25) is 0 Å². The second kappa shape index (κ2) is 5.02. The maximum atomic E-state index is 3.39. The van der Waals surface area contributed by atoms with Gasteiger partial charge in [-0.25, -0.2) is 0 Å². The van der Waals surface area contributed by atoms with Crippen molar-refractivity contribution in [1.29, 1.82) is 0 Å². The maximum Gasteiger partial charge on any atom is 0.129 e. The summed E-state index contributed by atoms with van der Waals surface area (Å²) in [7, 11) is -2.05. The molecule has 0 nitrogen and oxygen atoms in total. The van der Waals surface area contributed by atoms with E-state index >= 15 is 0 Å². The molecule has 0 spiro atoms. The number of rotatable bonds is 3. The second-order valence-electron chi connectivity index (χ2n) is 5.66. The lowest BCUT2D eigenvalue weighted by Crippen LogP contribution is -2.20. The van der Waals surface area contributed by atoms with E-state index in [0.717, 1.165) is 6.42 Å². The maximum absolute atomic E-state index is 3.39. The van der Waals surface area contributed by atoms with Crippen molar-refractivity contribution in [3.8, 4) is 11.5 Å². The first kappa shape index (κ1) is 13.0. The van der Waals surface area contributed by atoms with Gasteiger partial charge in [0.05, 0.1) is 0 Å². The molecule has 0 N–H and O–H groups in total. The fourth-order valence-corrected chi connectivity index (χ4v) is 2.57. The van der Waals surface area contributed by atoms with Crippen LogP contribution in [0.25, 0.3) is 0 Å². The predicted octanol–water partition coefficient (Wildman–Crippen LogP) is 3.73. The van der Waals surface area contributed by atoms with Crippen LogP contribution in [0, 0.1) is 17.5 Å². The lowest BCUT2D eigenvalue weighted by molar-refractivity contribution is 1.05. The molecule has 75 valence electrons. The summed E-state index contributed by atoms with van der Waals surface area (Å²) < 4.78 is 0. The van der Waals surface area contributed by atoms with Crippen LogP contribution in [0.3, 0.4) is 0 Å². The summed E-state index contributed by atoms with van der Waals surface area (Å²) in [5, 5.41) is 0. The largest absolute Gasteiger partial charge is 0.132 e. The van der Waals surface area contributed by atoms with Gasteiger partial charge in [0.25, 0.3) is 0 Å². The monoisotopic (exact) mass is 211 g/mol. The predicted molar refractivity (Wildman–Crippen MR) is 68.0 cm³/mol. The zero-order chi connectivity index (χ0) is 10.5. The molecule has 0 bridgehead atoms. The Morgan fingerprint density at radius 2 is 1.54 bits per heavy atom. The third-order valence-electron chi connectivity index (χ3n) is 1.49. The van der Waals surface area contributed by atoms with E-state index in [1.165, 1.54) is 6.42 Å². The summed E-state index contributed by atoms with van der Waals surface area (Å²) in [6.45, 7) is 14.0. The third-order valence-corrected chi connectivity index (χ3v) is 3.93. The minimum Gasteiger partial charge on any atom is -0.132 e. The molecule has 13 heavy (non-hydrogen) atoms. The molecule has 0 aliphatic rings. The Kier molecular flexibility index (Phi) is 5.02. The minimum absolute atomic E-state index is 0.935. The van der Waals surface area contributed by atoms with Crippen LogP contribution in [0.5, 0.6) is 0 Å². The molecular formula is C11H23Si2. The van der Waals surface area contributed by atoms with Crippen LogP contribution < -0.4 is 0 Å². The van der Waals surface area contributed by atoms with Gasteiger partial charge >= 0.3 is 0 Å². The van der Waals surface area contributed by atoms with E-state index in [4.69, 9.17) is 0 Å². The van der Waals surface area contributed by atoms with Crippen LogP contribution in [0.15, 0.2) is 0 Å². The molecule has 0 saturated carbocycles. The quantitative estimate of drug-likeness (QED) is 0.379. The van der Waals surface area contributed by atoms with E-state index in [0.29, 0.717) is 0 Å². The Bertz CT molecular complexity index is 195. The van der Waals surface area contributed by atoms with Gasteiger partial charge < -0.3 is 0 Å². The van der Waals surface area contributed by atoms with E-state index in [9.17, 15) is 0 Å². The first-order valence-corrected chi connectivity index (χ1v) is 12.1. The molecule has 1 radical (unpaired) electrons. The van der Waals surface area contributed by atoms with Gasteiger partial charge in [-0.2, -0.15) is 0 Å².